The van der Waals surface area contributed by atoms with E-state index in [1.165, 1.54) is 0 Å². The summed E-state index contributed by atoms with van der Waals surface area (Å²) in [5.74, 6) is 1.03. The van der Waals surface area contributed by atoms with Gasteiger partial charge in [-0.25, -0.2) is 4.98 Å². The summed E-state index contributed by atoms with van der Waals surface area (Å²) in [6, 6.07) is 7.24. The first kappa shape index (κ1) is 17.6. The quantitative estimate of drug-likeness (QED) is 0.837. The van der Waals surface area contributed by atoms with Crippen molar-refractivity contribution in [3.63, 3.8) is 0 Å². The van der Waals surface area contributed by atoms with Gasteiger partial charge >= 0.3 is 0 Å². The van der Waals surface area contributed by atoms with Gasteiger partial charge in [0.1, 0.15) is 5.82 Å². The van der Waals surface area contributed by atoms with E-state index in [1.807, 2.05) is 30.0 Å². The number of benzene rings is 1. The lowest BCUT2D eigenvalue weighted by Crippen LogP contribution is -2.40. The normalized spacial score (nSPS) is 16.3. The van der Waals surface area contributed by atoms with Gasteiger partial charge in [0, 0.05) is 19.5 Å². The number of carbonyl (C=O) groups excluding carboxylic acids is 1. The molecule has 0 N–H and O–H groups in total. The first-order chi connectivity index (χ1) is 12.1. The Kier molecular flexibility index (Phi) is 5.21. The van der Waals surface area contributed by atoms with Crippen molar-refractivity contribution in [1.82, 2.24) is 14.5 Å². The van der Waals surface area contributed by atoms with E-state index < -0.39 is 0 Å². The Morgan fingerprint density at radius 1 is 1.28 bits per heavy atom. The number of amides is 1. The zero-order valence-corrected chi connectivity index (χ0v) is 15.4. The Hall–Kier alpha value is -2.17. The fraction of sp³-hybridized carbons (Fsp3) is 0.550. The molecule has 1 aromatic carbocycles. The van der Waals surface area contributed by atoms with Gasteiger partial charge in [-0.15, -0.1) is 0 Å². The molecule has 0 bridgehead atoms. The number of hydrogen-bond acceptors (Lipinski definition) is 3. The Labute approximate surface area is 148 Å². The second-order valence-electron chi connectivity index (χ2n) is 6.88. The molecule has 2 aromatic rings. The highest BCUT2D eigenvalue weighted by atomic mass is 16.2. The van der Waals surface area contributed by atoms with Gasteiger partial charge < -0.3 is 4.90 Å². The molecule has 1 aliphatic rings. The summed E-state index contributed by atoms with van der Waals surface area (Å²) in [6.07, 6.45) is 4.98. The standard InChI is InChI=1S/C20H27N3O2/c1-4-17(23(5-2)19(24)14-10-6-7-11-14)18-21-16-13-9-8-12-15(16)20(25)22(18)3/h8-9,12-14,17H,4-7,10-11H2,1-3H3. The van der Waals surface area contributed by atoms with Gasteiger partial charge in [0.05, 0.1) is 16.9 Å². The molecule has 0 aliphatic heterocycles. The van der Waals surface area contributed by atoms with Crippen molar-refractivity contribution >= 4 is 16.8 Å². The predicted octanol–water partition coefficient (Wildman–Crippen LogP) is 3.42. The summed E-state index contributed by atoms with van der Waals surface area (Å²) in [6.45, 7) is 4.70. The summed E-state index contributed by atoms with van der Waals surface area (Å²) in [7, 11) is 1.76. The third-order valence-corrected chi connectivity index (χ3v) is 5.41. The van der Waals surface area contributed by atoms with E-state index in [4.69, 9.17) is 4.98 Å². The SMILES string of the molecule is CCC(c1nc2ccccc2c(=O)n1C)N(CC)C(=O)C1CCCC1. The summed E-state index contributed by atoms with van der Waals surface area (Å²) in [5, 5.41) is 0.619. The second-order valence-corrected chi connectivity index (χ2v) is 6.88. The third kappa shape index (κ3) is 3.20. The molecule has 1 unspecified atom stereocenters. The first-order valence-electron chi connectivity index (χ1n) is 9.34. The number of nitrogens with zero attached hydrogens (tertiary/aromatic N) is 3. The number of hydrogen-bond donors (Lipinski definition) is 0. The first-order valence-corrected chi connectivity index (χ1v) is 9.34. The van der Waals surface area contributed by atoms with Gasteiger partial charge in [0.2, 0.25) is 5.91 Å². The molecule has 1 heterocycles. The molecule has 1 fully saturated rings. The lowest BCUT2D eigenvalue weighted by atomic mass is 10.0. The van der Waals surface area contributed by atoms with Gasteiger partial charge in [-0.2, -0.15) is 0 Å². The maximum Gasteiger partial charge on any atom is 0.261 e. The smallest absolute Gasteiger partial charge is 0.261 e. The number of para-hydroxylation sites is 1. The Morgan fingerprint density at radius 2 is 1.96 bits per heavy atom. The van der Waals surface area contributed by atoms with Crippen LogP contribution >= 0.6 is 0 Å². The molecule has 5 heteroatoms. The molecular weight excluding hydrogens is 314 g/mol. The van der Waals surface area contributed by atoms with Crippen molar-refractivity contribution < 1.29 is 4.79 Å². The number of carbonyl (C=O) groups is 1. The molecule has 0 radical (unpaired) electrons. The Bertz CT molecular complexity index is 821. The van der Waals surface area contributed by atoms with Crippen LogP contribution in [0.1, 0.15) is 57.8 Å². The van der Waals surface area contributed by atoms with Crippen LogP contribution < -0.4 is 5.56 Å². The van der Waals surface area contributed by atoms with Crippen molar-refractivity contribution in [1.29, 1.82) is 0 Å². The van der Waals surface area contributed by atoms with Crippen LogP contribution in [-0.2, 0) is 11.8 Å². The van der Waals surface area contributed by atoms with Crippen LogP contribution in [-0.4, -0.2) is 26.9 Å². The zero-order chi connectivity index (χ0) is 18.0. The molecule has 1 amide bonds. The largest absolute Gasteiger partial charge is 0.333 e. The van der Waals surface area contributed by atoms with Crippen LogP contribution in [0.25, 0.3) is 10.9 Å². The van der Waals surface area contributed by atoms with Crippen molar-refractivity contribution in [2.45, 2.75) is 52.0 Å². The molecule has 0 saturated heterocycles. The van der Waals surface area contributed by atoms with E-state index in [0.717, 1.165) is 32.1 Å². The van der Waals surface area contributed by atoms with Crippen LogP contribution in [0.5, 0.6) is 0 Å². The van der Waals surface area contributed by atoms with Crippen LogP contribution in [0.3, 0.4) is 0 Å². The van der Waals surface area contributed by atoms with Gasteiger partial charge in [0.15, 0.2) is 0 Å². The minimum atomic E-state index is -0.166. The lowest BCUT2D eigenvalue weighted by molar-refractivity contribution is -0.138. The molecule has 1 aliphatic carbocycles. The summed E-state index contributed by atoms with van der Waals surface area (Å²) < 4.78 is 1.61. The van der Waals surface area contributed by atoms with Crippen LogP contribution in [0, 0.1) is 5.92 Å². The highest BCUT2D eigenvalue weighted by molar-refractivity contribution is 5.80. The van der Waals surface area contributed by atoms with Crippen molar-refractivity contribution in [3.8, 4) is 0 Å². The Morgan fingerprint density at radius 3 is 2.60 bits per heavy atom. The fourth-order valence-corrected chi connectivity index (χ4v) is 4.01. The molecular formula is C20H27N3O2. The maximum absolute atomic E-state index is 13.0. The molecule has 3 rings (SSSR count). The van der Waals surface area contributed by atoms with Crippen LogP contribution in [0.4, 0.5) is 0 Å². The highest BCUT2D eigenvalue weighted by Gasteiger charge is 2.32. The van der Waals surface area contributed by atoms with E-state index in [0.29, 0.717) is 23.3 Å². The van der Waals surface area contributed by atoms with Gasteiger partial charge in [-0.05, 0) is 38.3 Å². The van der Waals surface area contributed by atoms with E-state index in [9.17, 15) is 9.59 Å². The number of aromatic nitrogens is 2. The minimum absolute atomic E-state index is 0.0524. The van der Waals surface area contributed by atoms with Gasteiger partial charge in [0.25, 0.3) is 5.56 Å². The summed E-state index contributed by atoms with van der Waals surface area (Å²) in [4.78, 5) is 32.4. The molecule has 5 nitrogen and oxygen atoms in total. The minimum Gasteiger partial charge on any atom is -0.333 e. The van der Waals surface area contributed by atoms with Crippen molar-refractivity contribution in [3.05, 3.63) is 40.4 Å². The summed E-state index contributed by atoms with van der Waals surface area (Å²) in [5.41, 5.74) is 0.645. The van der Waals surface area contributed by atoms with Crippen molar-refractivity contribution in [2.24, 2.45) is 13.0 Å². The summed E-state index contributed by atoms with van der Waals surface area (Å²) >= 11 is 0. The molecule has 1 aromatic heterocycles. The van der Waals surface area contributed by atoms with E-state index in [-0.39, 0.29) is 23.4 Å². The van der Waals surface area contributed by atoms with Gasteiger partial charge in [-0.1, -0.05) is 31.9 Å². The molecule has 134 valence electrons. The molecule has 25 heavy (non-hydrogen) atoms. The number of rotatable bonds is 5. The van der Waals surface area contributed by atoms with E-state index in [2.05, 4.69) is 6.92 Å². The average Bonchev–Trinajstić information content (AvgIpc) is 3.17. The highest BCUT2D eigenvalue weighted by Crippen LogP contribution is 2.31. The molecule has 1 saturated carbocycles. The topological polar surface area (TPSA) is 55.2 Å². The molecule has 1 atom stereocenters. The van der Waals surface area contributed by atoms with Crippen molar-refractivity contribution in [2.75, 3.05) is 6.54 Å². The lowest BCUT2D eigenvalue weighted by Gasteiger charge is -2.32. The van der Waals surface area contributed by atoms with Crippen LogP contribution in [0.15, 0.2) is 29.1 Å². The van der Waals surface area contributed by atoms with E-state index >= 15 is 0 Å². The zero-order valence-electron chi connectivity index (χ0n) is 15.4. The monoisotopic (exact) mass is 341 g/mol. The van der Waals surface area contributed by atoms with Gasteiger partial charge in [-0.3, -0.25) is 14.2 Å². The second kappa shape index (κ2) is 7.38. The predicted molar refractivity (Wildman–Crippen MR) is 99.4 cm³/mol. The number of fused-ring (bicyclic) bond motifs is 1. The Balaban J connectivity index is 2.04. The third-order valence-electron chi connectivity index (χ3n) is 5.41. The average molecular weight is 341 g/mol. The molecule has 0 spiro atoms. The van der Waals surface area contributed by atoms with Crippen LogP contribution in [0.2, 0.25) is 0 Å². The van der Waals surface area contributed by atoms with E-state index in [1.54, 1.807) is 17.7 Å². The maximum atomic E-state index is 13.0. The fourth-order valence-electron chi connectivity index (χ4n) is 4.01.